The molecule has 0 spiro atoms. The van der Waals surface area contributed by atoms with Gasteiger partial charge in [-0.3, -0.25) is 0 Å². The average molecular weight is 280 g/mol. The van der Waals surface area contributed by atoms with Gasteiger partial charge in [-0.25, -0.2) is 4.99 Å². The van der Waals surface area contributed by atoms with E-state index in [0.29, 0.717) is 0 Å². The third kappa shape index (κ3) is 2.98. The summed E-state index contributed by atoms with van der Waals surface area (Å²) in [4.78, 5) is 6.53. The van der Waals surface area contributed by atoms with Crippen molar-refractivity contribution >= 4 is 28.5 Å². The van der Waals surface area contributed by atoms with Gasteiger partial charge < -0.3 is 4.90 Å². The van der Waals surface area contributed by atoms with Gasteiger partial charge in [0.1, 0.15) is 6.54 Å². The molecule has 3 nitrogen and oxygen atoms in total. The lowest BCUT2D eigenvalue weighted by molar-refractivity contribution is 0.369. The van der Waals surface area contributed by atoms with Gasteiger partial charge >= 0.3 is 0 Å². The lowest BCUT2D eigenvalue weighted by atomic mass is 10.1. The number of nitrogens with zero attached hydrogens (tertiary/aromatic N) is 3. The summed E-state index contributed by atoms with van der Waals surface area (Å²) in [6.07, 6.45) is 0. The first-order valence-electron chi connectivity index (χ1n) is 5.78. The molecule has 2 rings (SSSR count). The highest BCUT2D eigenvalue weighted by Crippen LogP contribution is 2.29. The summed E-state index contributed by atoms with van der Waals surface area (Å²) >= 11 is 7.73. The van der Waals surface area contributed by atoms with Crippen LogP contribution in [0.1, 0.15) is 18.5 Å². The highest BCUT2D eigenvalue weighted by atomic mass is 35.5. The Balaban J connectivity index is 2.18. The molecule has 0 radical (unpaired) electrons. The smallest absolute Gasteiger partial charge is 0.160 e. The number of thioether (sulfide) groups is 1. The summed E-state index contributed by atoms with van der Waals surface area (Å²) in [5.74, 6) is 1.02. The van der Waals surface area contributed by atoms with Crippen molar-refractivity contribution in [3.8, 4) is 6.07 Å². The standard InChI is InChI=1S/C13H14ClN3S/c1-10(11-3-2-4-12(14)9-11)17-7-8-18-13(17)16-6-5-15/h2-4,9-10H,6-8H2,1H3. The molecule has 1 heterocycles. The minimum atomic E-state index is 0.223. The van der Waals surface area contributed by atoms with E-state index in [9.17, 15) is 0 Å². The largest absolute Gasteiger partial charge is 0.344 e. The van der Waals surface area contributed by atoms with Gasteiger partial charge in [-0.1, -0.05) is 35.5 Å². The van der Waals surface area contributed by atoms with Gasteiger partial charge in [0.25, 0.3) is 0 Å². The summed E-state index contributed by atoms with van der Waals surface area (Å²) < 4.78 is 0. The Bertz CT molecular complexity index is 495. The number of hydrogen-bond donors (Lipinski definition) is 0. The quantitative estimate of drug-likeness (QED) is 0.797. The normalized spacial score (nSPS) is 18.9. The van der Waals surface area contributed by atoms with Crippen LogP contribution in [0.15, 0.2) is 29.3 Å². The first kappa shape index (κ1) is 13.3. The number of benzene rings is 1. The molecule has 5 heteroatoms. The van der Waals surface area contributed by atoms with E-state index >= 15 is 0 Å². The van der Waals surface area contributed by atoms with E-state index in [1.54, 1.807) is 11.8 Å². The SMILES string of the molecule is CC(c1cccc(Cl)c1)N1CCSC1=NCC#N. The molecule has 1 fully saturated rings. The number of nitriles is 1. The molecule has 1 unspecified atom stereocenters. The van der Waals surface area contributed by atoms with Crippen LogP contribution in [0, 0.1) is 11.3 Å². The highest BCUT2D eigenvalue weighted by Gasteiger charge is 2.25. The van der Waals surface area contributed by atoms with Crippen molar-refractivity contribution in [1.82, 2.24) is 4.90 Å². The van der Waals surface area contributed by atoms with Crippen molar-refractivity contribution < 1.29 is 0 Å². The summed E-state index contributed by atoms with van der Waals surface area (Å²) in [7, 11) is 0. The molecule has 1 aromatic carbocycles. The fourth-order valence-corrected chi connectivity index (χ4v) is 3.20. The predicted molar refractivity (Wildman–Crippen MR) is 76.9 cm³/mol. The molecule has 94 valence electrons. The molecule has 0 aromatic heterocycles. The van der Waals surface area contributed by atoms with Crippen LogP contribution in [0.5, 0.6) is 0 Å². The molecule has 0 amide bonds. The molecule has 1 aliphatic heterocycles. The van der Waals surface area contributed by atoms with Gasteiger partial charge in [0.15, 0.2) is 5.17 Å². The number of hydrogen-bond acceptors (Lipinski definition) is 3. The number of amidine groups is 1. The monoisotopic (exact) mass is 279 g/mol. The second kappa shape index (κ2) is 6.12. The number of rotatable bonds is 3. The Labute approximate surface area is 116 Å². The van der Waals surface area contributed by atoms with Crippen LogP contribution >= 0.6 is 23.4 Å². The minimum absolute atomic E-state index is 0.223. The van der Waals surface area contributed by atoms with Gasteiger partial charge in [0.05, 0.1) is 12.1 Å². The molecular weight excluding hydrogens is 266 g/mol. The van der Waals surface area contributed by atoms with E-state index in [1.165, 1.54) is 5.56 Å². The molecule has 1 atom stereocenters. The maximum atomic E-state index is 8.60. The molecule has 1 aromatic rings. The Kier molecular flexibility index (Phi) is 4.51. The van der Waals surface area contributed by atoms with Crippen LogP contribution in [0.4, 0.5) is 0 Å². The molecule has 0 bridgehead atoms. The third-order valence-corrected chi connectivity index (χ3v) is 4.14. The van der Waals surface area contributed by atoms with Gasteiger partial charge in [-0.05, 0) is 24.6 Å². The summed E-state index contributed by atoms with van der Waals surface area (Å²) in [6.45, 7) is 3.32. The first-order valence-corrected chi connectivity index (χ1v) is 7.15. The lowest BCUT2D eigenvalue weighted by Crippen LogP contribution is -2.28. The Morgan fingerprint density at radius 2 is 2.44 bits per heavy atom. The topological polar surface area (TPSA) is 39.4 Å². The van der Waals surface area contributed by atoms with Crippen molar-refractivity contribution in [2.75, 3.05) is 18.8 Å². The van der Waals surface area contributed by atoms with Crippen molar-refractivity contribution in [2.24, 2.45) is 4.99 Å². The van der Waals surface area contributed by atoms with Crippen molar-refractivity contribution in [1.29, 1.82) is 5.26 Å². The highest BCUT2D eigenvalue weighted by molar-refractivity contribution is 8.14. The third-order valence-electron chi connectivity index (χ3n) is 2.89. The molecular formula is C13H14ClN3S. The summed E-state index contributed by atoms with van der Waals surface area (Å²) in [6, 6.07) is 10.2. The lowest BCUT2D eigenvalue weighted by Gasteiger charge is -2.26. The fourth-order valence-electron chi connectivity index (χ4n) is 1.96. The zero-order chi connectivity index (χ0) is 13.0. The summed E-state index contributed by atoms with van der Waals surface area (Å²) in [5, 5.41) is 10.3. The Morgan fingerprint density at radius 3 is 3.17 bits per heavy atom. The van der Waals surface area contributed by atoms with Crippen molar-refractivity contribution in [3.05, 3.63) is 34.9 Å². The molecule has 1 aliphatic rings. The average Bonchev–Trinajstić information content (AvgIpc) is 2.83. The second-order valence-electron chi connectivity index (χ2n) is 4.03. The van der Waals surface area contributed by atoms with Gasteiger partial charge in [0.2, 0.25) is 0 Å². The van der Waals surface area contributed by atoms with E-state index < -0.39 is 0 Å². The van der Waals surface area contributed by atoms with Crippen LogP contribution in [0.3, 0.4) is 0 Å². The molecule has 0 aliphatic carbocycles. The number of aliphatic imine (C=N–C) groups is 1. The van der Waals surface area contributed by atoms with Gasteiger partial charge in [0, 0.05) is 17.3 Å². The molecule has 0 saturated carbocycles. The molecule has 1 saturated heterocycles. The molecule has 18 heavy (non-hydrogen) atoms. The predicted octanol–water partition coefficient (Wildman–Crippen LogP) is 3.33. The van der Waals surface area contributed by atoms with E-state index in [-0.39, 0.29) is 12.6 Å². The Hall–Kier alpha value is -1.18. The van der Waals surface area contributed by atoms with Crippen molar-refractivity contribution in [3.63, 3.8) is 0 Å². The maximum absolute atomic E-state index is 8.60. The van der Waals surface area contributed by atoms with E-state index in [0.717, 1.165) is 22.5 Å². The van der Waals surface area contributed by atoms with E-state index in [2.05, 4.69) is 29.0 Å². The second-order valence-corrected chi connectivity index (χ2v) is 5.53. The van der Waals surface area contributed by atoms with E-state index in [1.807, 2.05) is 18.2 Å². The van der Waals surface area contributed by atoms with Crippen molar-refractivity contribution in [2.45, 2.75) is 13.0 Å². The van der Waals surface area contributed by atoms with Crippen LogP contribution in [-0.4, -0.2) is 28.9 Å². The molecule has 0 N–H and O–H groups in total. The van der Waals surface area contributed by atoms with Crippen LogP contribution in [-0.2, 0) is 0 Å². The Morgan fingerprint density at radius 1 is 1.61 bits per heavy atom. The van der Waals surface area contributed by atoms with Crippen LogP contribution in [0.2, 0.25) is 5.02 Å². The maximum Gasteiger partial charge on any atom is 0.160 e. The first-order chi connectivity index (χ1) is 8.72. The summed E-state index contributed by atoms with van der Waals surface area (Å²) in [5.41, 5.74) is 1.18. The van der Waals surface area contributed by atoms with Gasteiger partial charge in [-0.2, -0.15) is 5.26 Å². The van der Waals surface area contributed by atoms with Crippen LogP contribution in [0.25, 0.3) is 0 Å². The minimum Gasteiger partial charge on any atom is -0.344 e. The number of halogens is 1. The zero-order valence-electron chi connectivity index (χ0n) is 10.1. The van der Waals surface area contributed by atoms with Gasteiger partial charge in [-0.15, -0.1) is 0 Å². The van der Waals surface area contributed by atoms with Crippen LogP contribution < -0.4 is 0 Å². The van der Waals surface area contributed by atoms with E-state index in [4.69, 9.17) is 16.9 Å². The fraction of sp³-hybridized carbons (Fsp3) is 0.385. The zero-order valence-corrected chi connectivity index (χ0v) is 11.7.